The van der Waals surface area contributed by atoms with Gasteiger partial charge in [0.25, 0.3) is 0 Å². The normalized spacial score (nSPS) is 16.1. The van der Waals surface area contributed by atoms with Gasteiger partial charge in [0.15, 0.2) is 11.5 Å². The largest absolute Gasteiger partial charge is 0.493 e. The Morgan fingerprint density at radius 1 is 0.952 bits per heavy atom. The second kappa shape index (κ2) is 5.88. The standard InChI is InChI=1S/C17H22N2O2/c1-11-13-9-15(20-2)16(21-3)10-14(13)19-17(18-11)12-7-5-4-6-8-12/h9-10,12H,4-8H2,1-3H3. The predicted molar refractivity (Wildman–Crippen MR) is 83.2 cm³/mol. The minimum absolute atomic E-state index is 0.509. The van der Waals surface area contributed by atoms with Crippen molar-refractivity contribution in [3.8, 4) is 11.5 Å². The van der Waals surface area contributed by atoms with Gasteiger partial charge in [0.05, 0.1) is 19.7 Å². The summed E-state index contributed by atoms with van der Waals surface area (Å²) in [5.74, 6) is 2.95. The van der Waals surface area contributed by atoms with E-state index in [1.807, 2.05) is 19.1 Å². The fourth-order valence-electron chi connectivity index (χ4n) is 3.17. The molecule has 1 saturated carbocycles. The van der Waals surface area contributed by atoms with Crippen molar-refractivity contribution >= 4 is 10.9 Å². The zero-order chi connectivity index (χ0) is 14.8. The van der Waals surface area contributed by atoms with Gasteiger partial charge in [-0.25, -0.2) is 9.97 Å². The summed E-state index contributed by atoms with van der Waals surface area (Å²) in [5.41, 5.74) is 1.96. The molecule has 0 amide bonds. The third-order valence-electron chi connectivity index (χ3n) is 4.38. The molecule has 0 radical (unpaired) electrons. The van der Waals surface area contributed by atoms with Gasteiger partial charge in [-0.2, -0.15) is 0 Å². The van der Waals surface area contributed by atoms with Crippen LogP contribution in [0, 0.1) is 6.92 Å². The van der Waals surface area contributed by atoms with Gasteiger partial charge in [-0.05, 0) is 25.8 Å². The van der Waals surface area contributed by atoms with Crippen molar-refractivity contribution in [1.82, 2.24) is 9.97 Å². The summed E-state index contributed by atoms with van der Waals surface area (Å²) in [6.45, 7) is 2.04. The highest BCUT2D eigenvalue weighted by Gasteiger charge is 2.20. The van der Waals surface area contributed by atoms with Gasteiger partial charge in [0.1, 0.15) is 5.82 Å². The van der Waals surface area contributed by atoms with E-state index >= 15 is 0 Å². The van der Waals surface area contributed by atoms with E-state index in [1.165, 1.54) is 32.1 Å². The molecule has 0 unspecified atom stereocenters. The smallest absolute Gasteiger partial charge is 0.162 e. The van der Waals surface area contributed by atoms with Crippen LogP contribution < -0.4 is 9.47 Å². The van der Waals surface area contributed by atoms with Gasteiger partial charge in [-0.3, -0.25) is 0 Å². The third-order valence-corrected chi connectivity index (χ3v) is 4.38. The quantitative estimate of drug-likeness (QED) is 0.855. The van der Waals surface area contributed by atoms with Gasteiger partial charge >= 0.3 is 0 Å². The molecule has 1 aromatic heterocycles. The zero-order valence-electron chi connectivity index (χ0n) is 13.0. The van der Waals surface area contributed by atoms with E-state index in [4.69, 9.17) is 19.4 Å². The van der Waals surface area contributed by atoms with Crippen LogP contribution in [0.5, 0.6) is 11.5 Å². The first-order chi connectivity index (χ1) is 10.2. The first-order valence-corrected chi connectivity index (χ1v) is 7.63. The summed E-state index contributed by atoms with van der Waals surface area (Å²) >= 11 is 0. The Kier molecular flexibility index (Phi) is 3.95. The highest BCUT2D eigenvalue weighted by Crippen LogP contribution is 2.35. The van der Waals surface area contributed by atoms with Crippen molar-refractivity contribution < 1.29 is 9.47 Å². The molecule has 1 aromatic carbocycles. The van der Waals surface area contributed by atoms with Crippen LogP contribution in [0.3, 0.4) is 0 Å². The maximum atomic E-state index is 5.38. The molecule has 4 nitrogen and oxygen atoms in total. The lowest BCUT2D eigenvalue weighted by Gasteiger charge is -2.21. The molecule has 0 bridgehead atoms. The van der Waals surface area contributed by atoms with E-state index in [0.717, 1.165) is 33.9 Å². The molecule has 0 spiro atoms. The van der Waals surface area contributed by atoms with Crippen LogP contribution in [0.1, 0.15) is 49.5 Å². The van der Waals surface area contributed by atoms with Gasteiger partial charge in [0, 0.05) is 23.1 Å². The Labute approximate surface area is 125 Å². The maximum absolute atomic E-state index is 5.38. The van der Waals surface area contributed by atoms with Crippen LogP contribution >= 0.6 is 0 Å². The molecule has 21 heavy (non-hydrogen) atoms. The first kappa shape index (κ1) is 14.1. The average Bonchev–Trinajstić information content (AvgIpc) is 2.54. The van der Waals surface area contributed by atoms with Gasteiger partial charge in [-0.15, -0.1) is 0 Å². The fraction of sp³-hybridized carbons (Fsp3) is 0.529. The lowest BCUT2D eigenvalue weighted by molar-refractivity contribution is 0.355. The summed E-state index contributed by atoms with van der Waals surface area (Å²) < 4.78 is 10.7. The topological polar surface area (TPSA) is 44.2 Å². The van der Waals surface area contributed by atoms with Crippen LogP contribution in [0.25, 0.3) is 10.9 Å². The highest BCUT2D eigenvalue weighted by atomic mass is 16.5. The Hall–Kier alpha value is -1.84. The van der Waals surface area contributed by atoms with E-state index in [0.29, 0.717) is 5.92 Å². The van der Waals surface area contributed by atoms with Crippen molar-refractivity contribution in [2.45, 2.75) is 44.9 Å². The summed E-state index contributed by atoms with van der Waals surface area (Å²) in [6, 6.07) is 3.92. The Bertz CT molecular complexity index is 649. The molecule has 2 aromatic rings. The Balaban J connectivity index is 2.09. The average molecular weight is 286 g/mol. The number of aryl methyl sites for hydroxylation is 1. The number of rotatable bonds is 3. The van der Waals surface area contributed by atoms with Crippen molar-refractivity contribution in [2.75, 3.05) is 14.2 Å². The van der Waals surface area contributed by atoms with Gasteiger partial charge < -0.3 is 9.47 Å². The second-order valence-electron chi connectivity index (χ2n) is 5.73. The first-order valence-electron chi connectivity index (χ1n) is 7.63. The molecule has 0 N–H and O–H groups in total. The molecular weight excluding hydrogens is 264 g/mol. The van der Waals surface area contributed by atoms with Gasteiger partial charge in [-0.1, -0.05) is 19.3 Å². The van der Waals surface area contributed by atoms with Crippen molar-refractivity contribution in [3.63, 3.8) is 0 Å². The molecule has 112 valence electrons. The Morgan fingerprint density at radius 3 is 2.29 bits per heavy atom. The van der Waals surface area contributed by atoms with Crippen LogP contribution in [0.4, 0.5) is 0 Å². The van der Waals surface area contributed by atoms with E-state index in [9.17, 15) is 0 Å². The minimum Gasteiger partial charge on any atom is -0.493 e. The number of aromatic nitrogens is 2. The van der Waals surface area contributed by atoms with Crippen LogP contribution in [0.2, 0.25) is 0 Å². The number of methoxy groups -OCH3 is 2. The zero-order valence-corrected chi connectivity index (χ0v) is 13.0. The van der Waals surface area contributed by atoms with E-state index in [1.54, 1.807) is 14.2 Å². The lowest BCUT2D eigenvalue weighted by atomic mass is 9.88. The lowest BCUT2D eigenvalue weighted by Crippen LogP contribution is -2.10. The number of hydrogen-bond acceptors (Lipinski definition) is 4. The van der Waals surface area contributed by atoms with Crippen LogP contribution in [-0.2, 0) is 0 Å². The number of ether oxygens (including phenoxy) is 2. The molecule has 1 aliphatic rings. The summed E-state index contributed by atoms with van der Waals surface area (Å²) in [7, 11) is 3.30. The fourth-order valence-corrected chi connectivity index (χ4v) is 3.17. The number of hydrogen-bond donors (Lipinski definition) is 0. The SMILES string of the molecule is COc1cc2nc(C3CCCCC3)nc(C)c2cc1OC. The maximum Gasteiger partial charge on any atom is 0.162 e. The summed E-state index contributed by atoms with van der Waals surface area (Å²) in [5, 5.41) is 1.03. The molecule has 0 saturated heterocycles. The predicted octanol–water partition coefficient (Wildman–Crippen LogP) is 4.00. The molecule has 1 heterocycles. The van der Waals surface area contributed by atoms with Crippen LogP contribution in [0.15, 0.2) is 12.1 Å². The molecule has 3 rings (SSSR count). The molecule has 0 aliphatic heterocycles. The third kappa shape index (κ3) is 2.67. The molecular formula is C17H22N2O2. The number of fused-ring (bicyclic) bond motifs is 1. The highest BCUT2D eigenvalue weighted by molar-refractivity contribution is 5.84. The molecule has 1 aliphatic carbocycles. The van der Waals surface area contributed by atoms with E-state index in [-0.39, 0.29) is 0 Å². The van der Waals surface area contributed by atoms with E-state index < -0.39 is 0 Å². The molecule has 4 heteroatoms. The van der Waals surface area contributed by atoms with E-state index in [2.05, 4.69) is 0 Å². The Morgan fingerprint density at radius 2 is 1.62 bits per heavy atom. The minimum atomic E-state index is 0.509. The van der Waals surface area contributed by atoms with Crippen LogP contribution in [-0.4, -0.2) is 24.2 Å². The van der Waals surface area contributed by atoms with Crippen molar-refractivity contribution in [3.05, 3.63) is 23.7 Å². The molecule has 1 fully saturated rings. The van der Waals surface area contributed by atoms with Crippen molar-refractivity contribution in [1.29, 1.82) is 0 Å². The summed E-state index contributed by atoms with van der Waals surface area (Å²) in [4.78, 5) is 9.55. The van der Waals surface area contributed by atoms with Crippen molar-refractivity contribution in [2.24, 2.45) is 0 Å². The van der Waals surface area contributed by atoms with Gasteiger partial charge in [0.2, 0.25) is 0 Å². The second-order valence-corrected chi connectivity index (χ2v) is 5.73. The number of nitrogens with zero attached hydrogens (tertiary/aromatic N) is 2. The monoisotopic (exact) mass is 286 g/mol. The molecule has 0 atom stereocenters. The number of benzene rings is 1. The summed E-state index contributed by atoms with van der Waals surface area (Å²) in [6.07, 6.45) is 6.33.